The summed E-state index contributed by atoms with van der Waals surface area (Å²) in [6.07, 6.45) is 1.17. The normalized spacial score (nSPS) is 12.3. The molecule has 1 aromatic rings. The molecule has 0 heterocycles. The molecule has 0 amide bonds. The second-order valence-electron chi connectivity index (χ2n) is 4.75. The van der Waals surface area contributed by atoms with Crippen molar-refractivity contribution in [2.24, 2.45) is 10.7 Å². The third kappa shape index (κ3) is 4.13. The first-order chi connectivity index (χ1) is 9.49. The van der Waals surface area contributed by atoms with E-state index >= 15 is 0 Å². The molecule has 0 aliphatic heterocycles. The van der Waals surface area contributed by atoms with Crippen molar-refractivity contribution in [1.29, 1.82) is 0 Å². The minimum absolute atomic E-state index is 0.270. The van der Waals surface area contributed by atoms with Gasteiger partial charge in [0.1, 0.15) is 6.29 Å². The quantitative estimate of drug-likeness (QED) is 0.394. The number of hydrogen-bond acceptors (Lipinski definition) is 2. The van der Waals surface area contributed by atoms with E-state index in [1.54, 1.807) is 11.8 Å². The number of carbonyl (C=O) groups excluding carboxylic acids is 1. The third-order valence-electron chi connectivity index (χ3n) is 2.97. The van der Waals surface area contributed by atoms with Crippen molar-refractivity contribution in [2.45, 2.75) is 26.3 Å². The number of aryl methyl sites for hydroxylation is 1. The average Bonchev–Trinajstić information content (AvgIpc) is 2.40. The van der Waals surface area contributed by atoms with Gasteiger partial charge in [0.2, 0.25) is 0 Å². The molecule has 106 valence electrons. The van der Waals surface area contributed by atoms with Crippen LogP contribution in [-0.2, 0) is 4.79 Å². The Kier molecular flexibility index (Phi) is 5.79. The second-order valence-corrected chi connectivity index (χ2v) is 4.75. The highest BCUT2D eigenvalue weighted by molar-refractivity contribution is 5.78. The molecule has 0 saturated heterocycles. The standard InChI is InChI=1S/C16H21N3O/c1-5-6-13-8-7-12(2)14(11-13)15(9-10-20)18-16(17)19(3)4/h7-8,10-11,15H,9H2,1-4H3,(H2,17,18). The molecule has 4 heteroatoms. The Balaban J connectivity index is 3.25. The molecule has 1 atom stereocenters. The first-order valence-electron chi connectivity index (χ1n) is 6.47. The maximum Gasteiger partial charge on any atom is 0.191 e. The van der Waals surface area contributed by atoms with Crippen molar-refractivity contribution in [1.82, 2.24) is 4.90 Å². The summed E-state index contributed by atoms with van der Waals surface area (Å²) in [5, 5.41) is 0. The lowest BCUT2D eigenvalue weighted by Crippen LogP contribution is -2.31. The first kappa shape index (κ1) is 15.8. The van der Waals surface area contributed by atoms with Crippen LogP contribution in [0.25, 0.3) is 0 Å². The second kappa shape index (κ2) is 7.34. The molecule has 0 aliphatic carbocycles. The highest BCUT2D eigenvalue weighted by Crippen LogP contribution is 2.25. The fourth-order valence-corrected chi connectivity index (χ4v) is 1.84. The monoisotopic (exact) mass is 271 g/mol. The van der Waals surface area contributed by atoms with Crippen LogP contribution in [0.3, 0.4) is 0 Å². The van der Waals surface area contributed by atoms with Crippen LogP contribution in [0.1, 0.15) is 36.1 Å². The van der Waals surface area contributed by atoms with E-state index in [-0.39, 0.29) is 6.04 Å². The van der Waals surface area contributed by atoms with Crippen LogP contribution in [0, 0.1) is 18.8 Å². The van der Waals surface area contributed by atoms with E-state index in [4.69, 9.17) is 5.73 Å². The summed E-state index contributed by atoms with van der Waals surface area (Å²) < 4.78 is 0. The van der Waals surface area contributed by atoms with Gasteiger partial charge in [-0.3, -0.25) is 0 Å². The van der Waals surface area contributed by atoms with Gasteiger partial charge in [-0.15, -0.1) is 5.92 Å². The maximum atomic E-state index is 10.9. The van der Waals surface area contributed by atoms with Crippen LogP contribution in [0.2, 0.25) is 0 Å². The fraction of sp³-hybridized carbons (Fsp3) is 0.375. The number of nitrogens with two attached hydrogens (primary N) is 1. The van der Waals surface area contributed by atoms with Gasteiger partial charge in [0.25, 0.3) is 0 Å². The van der Waals surface area contributed by atoms with Crippen LogP contribution >= 0.6 is 0 Å². The van der Waals surface area contributed by atoms with Crippen molar-refractivity contribution >= 4 is 12.2 Å². The van der Waals surface area contributed by atoms with E-state index in [1.807, 2.05) is 39.2 Å². The van der Waals surface area contributed by atoms with E-state index in [2.05, 4.69) is 16.8 Å². The van der Waals surface area contributed by atoms with E-state index in [1.165, 1.54) is 0 Å². The number of rotatable bonds is 4. The molecule has 0 spiro atoms. The summed E-state index contributed by atoms with van der Waals surface area (Å²) in [5.74, 6) is 6.30. The molecule has 0 bridgehead atoms. The number of aldehydes is 1. The molecule has 20 heavy (non-hydrogen) atoms. The summed E-state index contributed by atoms with van der Waals surface area (Å²) in [6.45, 7) is 3.79. The third-order valence-corrected chi connectivity index (χ3v) is 2.97. The highest BCUT2D eigenvalue weighted by Gasteiger charge is 2.14. The Labute approximate surface area is 120 Å². The van der Waals surface area contributed by atoms with Gasteiger partial charge in [-0.25, -0.2) is 4.99 Å². The predicted octanol–water partition coefficient (Wildman–Crippen LogP) is 1.87. The summed E-state index contributed by atoms with van der Waals surface area (Å²) in [7, 11) is 3.64. The van der Waals surface area contributed by atoms with Gasteiger partial charge in [0.15, 0.2) is 5.96 Å². The Bertz CT molecular complexity index is 565. The van der Waals surface area contributed by atoms with Gasteiger partial charge in [-0.2, -0.15) is 0 Å². The lowest BCUT2D eigenvalue weighted by Gasteiger charge is -2.17. The molecule has 1 rings (SSSR count). The minimum atomic E-state index is -0.270. The van der Waals surface area contributed by atoms with Crippen molar-refractivity contribution in [2.75, 3.05) is 14.1 Å². The highest BCUT2D eigenvalue weighted by atomic mass is 16.1. The van der Waals surface area contributed by atoms with Gasteiger partial charge in [-0.05, 0) is 37.1 Å². The fourth-order valence-electron chi connectivity index (χ4n) is 1.84. The molecule has 0 radical (unpaired) electrons. The summed E-state index contributed by atoms with van der Waals surface area (Å²) >= 11 is 0. The van der Waals surface area contributed by atoms with Crippen molar-refractivity contribution < 1.29 is 4.79 Å². The summed E-state index contributed by atoms with van der Waals surface area (Å²) in [4.78, 5) is 17.1. The molecular weight excluding hydrogens is 250 g/mol. The Morgan fingerprint density at radius 1 is 1.50 bits per heavy atom. The molecule has 2 N–H and O–H groups in total. The van der Waals surface area contributed by atoms with Gasteiger partial charge in [0.05, 0.1) is 6.04 Å². The zero-order valence-corrected chi connectivity index (χ0v) is 12.5. The van der Waals surface area contributed by atoms with Crippen LogP contribution in [0.5, 0.6) is 0 Å². The first-order valence-corrected chi connectivity index (χ1v) is 6.47. The number of aliphatic imine (C=N–C) groups is 1. The number of hydrogen-bond donors (Lipinski definition) is 1. The van der Waals surface area contributed by atoms with Crippen LogP contribution in [-0.4, -0.2) is 31.2 Å². The predicted molar refractivity (Wildman–Crippen MR) is 82.5 cm³/mol. The van der Waals surface area contributed by atoms with Gasteiger partial charge in [-0.1, -0.05) is 12.0 Å². The van der Waals surface area contributed by atoms with Crippen LogP contribution < -0.4 is 5.73 Å². The number of nitrogens with zero attached hydrogens (tertiary/aromatic N) is 2. The molecule has 0 aliphatic rings. The lowest BCUT2D eigenvalue weighted by atomic mass is 9.97. The molecule has 1 unspecified atom stereocenters. The average molecular weight is 271 g/mol. The topological polar surface area (TPSA) is 58.7 Å². The molecule has 0 fully saturated rings. The summed E-state index contributed by atoms with van der Waals surface area (Å²) in [5.41, 5.74) is 8.85. The minimum Gasteiger partial charge on any atom is -0.370 e. The van der Waals surface area contributed by atoms with Gasteiger partial charge in [0, 0.05) is 26.1 Å². The van der Waals surface area contributed by atoms with Gasteiger partial charge < -0.3 is 15.4 Å². The Hall–Kier alpha value is -2.28. The molecule has 1 aromatic carbocycles. The number of benzene rings is 1. The van der Waals surface area contributed by atoms with E-state index in [0.29, 0.717) is 12.4 Å². The van der Waals surface area contributed by atoms with Gasteiger partial charge >= 0.3 is 0 Å². The Morgan fingerprint density at radius 3 is 2.75 bits per heavy atom. The smallest absolute Gasteiger partial charge is 0.191 e. The molecule has 0 aromatic heterocycles. The van der Waals surface area contributed by atoms with E-state index in [0.717, 1.165) is 23.0 Å². The summed E-state index contributed by atoms with van der Waals surface area (Å²) in [6, 6.07) is 5.67. The lowest BCUT2D eigenvalue weighted by molar-refractivity contribution is -0.108. The molecule has 0 saturated carbocycles. The number of carbonyl (C=O) groups is 1. The van der Waals surface area contributed by atoms with Crippen molar-refractivity contribution in [3.05, 3.63) is 34.9 Å². The molecule has 4 nitrogen and oxygen atoms in total. The zero-order valence-electron chi connectivity index (χ0n) is 12.5. The van der Waals surface area contributed by atoms with Crippen molar-refractivity contribution in [3.63, 3.8) is 0 Å². The van der Waals surface area contributed by atoms with E-state index in [9.17, 15) is 4.79 Å². The maximum absolute atomic E-state index is 10.9. The molecular formula is C16H21N3O. The SMILES string of the molecule is CC#Cc1ccc(C)c(C(CC=O)N=C(N)N(C)C)c1. The largest absolute Gasteiger partial charge is 0.370 e. The van der Waals surface area contributed by atoms with E-state index < -0.39 is 0 Å². The van der Waals surface area contributed by atoms with Crippen LogP contribution in [0.4, 0.5) is 0 Å². The zero-order chi connectivity index (χ0) is 15.1. The number of guanidine groups is 1. The Morgan fingerprint density at radius 2 is 2.20 bits per heavy atom. The van der Waals surface area contributed by atoms with Crippen molar-refractivity contribution in [3.8, 4) is 11.8 Å². The van der Waals surface area contributed by atoms with Crippen LogP contribution in [0.15, 0.2) is 23.2 Å².